The van der Waals surface area contributed by atoms with E-state index >= 15 is 0 Å². The average molecular weight is 308 g/mol. The molecule has 0 amide bonds. The summed E-state index contributed by atoms with van der Waals surface area (Å²) in [5.74, 6) is 0.970. The molecule has 1 rings (SSSR count). The first-order valence-corrected chi connectivity index (χ1v) is 8.10. The second-order valence-corrected chi connectivity index (χ2v) is 6.80. The van der Waals surface area contributed by atoms with Gasteiger partial charge in [-0.3, -0.25) is 4.21 Å². The van der Waals surface area contributed by atoms with Gasteiger partial charge in [0.2, 0.25) is 0 Å². The lowest BCUT2D eigenvalue weighted by Crippen LogP contribution is -2.38. The Morgan fingerprint density at radius 2 is 2.00 bits per heavy atom. The third-order valence-corrected chi connectivity index (χ3v) is 4.91. The molecule has 0 saturated carbocycles. The smallest absolute Gasteiger partial charge is 0.0589 e. The molecule has 1 aromatic carbocycles. The summed E-state index contributed by atoms with van der Waals surface area (Å²) in [5, 5.41) is 4.42. The Bertz CT molecular complexity index is 423. The molecule has 2 unspecified atom stereocenters. The molecule has 102 valence electrons. The lowest BCUT2D eigenvalue weighted by Gasteiger charge is -2.21. The zero-order valence-corrected chi connectivity index (χ0v) is 13.2. The van der Waals surface area contributed by atoms with Crippen LogP contribution in [-0.4, -0.2) is 22.5 Å². The predicted molar refractivity (Wildman–Crippen MR) is 80.0 cm³/mol. The Kier molecular flexibility index (Phi) is 6.64. The first-order chi connectivity index (χ1) is 8.45. The van der Waals surface area contributed by atoms with E-state index in [-0.39, 0.29) is 6.04 Å². The van der Waals surface area contributed by atoms with Crippen LogP contribution in [0.1, 0.15) is 20.8 Å². The normalized spacial score (nSPS) is 14.8. The monoisotopic (exact) mass is 307 g/mol. The molecule has 2 nitrogen and oxygen atoms in total. The Labute approximate surface area is 122 Å². The molecule has 18 heavy (non-hydrogen) atoms. The standard InChI is InChI=1S/C13H19Cl2NOS/c1-4-16-12(9(2)3)8-18(17)13-7-10(14)5-6-11(13)15/h5-7,9,12,16H,4,8H2,1-3H3. The van der Waals surface area contributed by atoms with Crippen molar-refractivity contribution in [3.05, 3.63) is 28.2 Å². The molecule has 0 aromatic heterocycles. The number of hydrogen-bond acceptors (Lipinski definition) is 2. The minimum Gasteiger partial charge on any atom is -0.313 e. The highest BCUT2D eigenvalue weighted by atomic mass is 35.5. The molecule has 0 aliphatic carbocycles. The molecule has 1 N–H and O–H groups in total. The highest BCUT2D eigenvalue weighted by Crippen LogP contribution is 2.24. The first-order valence-electron chi connectivity index (χ1n) is 6.02. The van der Waals surface area contributed by atoms with E-state index in [2.05, 4.69) is 19.2 Å². The van der Waals surface area contributed by atoms with Crippen LogP contribution in [0, 0.1) is 5.92 Å². The minimum atomic E-state index is -1.14. The van der Waals surface area contributed by atoms with Gasteiger partial charge in [0.1, 0.15) is 0 Å². The van der Waals surface area contributed by atoms with E-state index in [1.165, 1.54) is 0 Å². The summed E-state index contributed by atoms with van der Waals surface area (Å²) in [7, 11) is -1.14. The fourth-order valence-electron chi connectivity index (χ4n) is 1.65. The van der Waals surface area contributed by atoms with Crippen molar-refractivity contribution in [3.8, 4) is 0 Å². The zero-order chi connectivity index (χ0) is 13.7. The van der Waals surface area contributed by atoms with Gasteiger partial charge in [0.15, 0.2) is 0 Å². The lowest BCUT2D eigenvalue weighted by atomic mass is 10.1. The van der Waals surface area contributed by atoms with Crippen LogP contribution in [0.4, 0.5) is 0 Å². The van der Waals surface area contributed by atoms with E-state index in [0.717, 1.165) is 6.54 Å². The van der Waals surface area contributed by atoms with E-state index < -0.39 is 10.8 Å². The third kappa shape index (κ3) is 4.54. The van der Waals surface area contributed by atoms with Gasteiger partial charge >= 0.3 is 0 Å². The predicted octanol–water partition coefficient (Wildman–Crippen LogP) is 3.74. The van der Waals surface area contributed by atoms with Crippen LogP contribution in [0.2, 0.25) is 10.0 Å². The molecule has 0 saturated heterocycles. The van der Waals surface area contributed by atoms with E-state index in [1.54, 1.807) is 18.2 Å². The molecule has 0 aliphatic rings. The van der Waals surface area contributed by atoms with Crippen molar-refractivity contribution in [2.75, 3.05) is 12.3 Å². The summed E-state index contributed by atoms with van der Waals surface area (Å²) in [6.45, 7) is 7.14. The van der Waals surface area contributed by atoms with Crippen LogP contribution >= 0.6 is 23.2 Å². The Morgan fingerprint density at radius 1 is 1.33 bits per heavy atom. The summed E-state index contributed by atoms with van der Waals surface area (Å²) in [5.41, 5.74) is 0. The van der Waals surface area contributed by atoms with Crippen molar-refractivity contribution in [2.45, 2.75) is 31.7 Å². The number of halogens is 2. The van der Waals surface area contributed by atoms with Crippen LogP contribution in [-0.2, 0) is 10.8 Å². The summed E-state index contributed by atoms with van der Waals surface area (Å²) < 4.78 is 12.3. The van der Waals surface area contributed by atoms with Crippen LogP contribution < -0.4 is 5.32 Å². The molecule has 0 spiro atoms. The second-order valence-electron chi connectivity index (χ2n) is 4.50. The summed E-state index contributed by atoms with van der Waals surface area (Å²) in [4.78, 5) is 0.618. The van der Waals surface area contributed by atoms with Crippen LogP contribution in [0.5, 0.6) is 0 Å². The Balaban J connectivity index is 2.83. The number of rotatable bonds is 6. The van der Waals surface area contributed by atoms with Gasteiger partial charge in [-0.1, -0.05) is 44.0 Å². The highest BCUT2D eigenvalue weighted by Gasteiger charge is 2.18. The van der Waals surface area contributed by atoms with Gasteiger partial charge in [-0.2, -0.15) is 0 Å². The van der Waals surface area contributed by atoms with Crippen molar-refractivity contribution in [1.29, 1.82) is 0 Å². The van der Waals surface area contributed by atoms with E-state index in [0.29, 0.717) is 26.6 Å². The third-order valence-electron chi connectivity index (χ3n) is 2.74. The van der Waals surface area contributed by atoms with Crippen LogP contribution in [0.25, 0.3) is 0 Å². The topological polar surface area (TPSA) is 29.1 Å². The molecule has 5 heteroatoms. The van der Waals surface area contributed by atoms with Crippen molar-refractivity contribution < 1.29 is 4.21 Å². The lowest BCUT2D eigenvalue weighted by molar-refractivity contribution is 0.440. The maximum absolute atomic E-state index is 12.3. The molecule has 2 atom stereocenters. The largest absolute Gasteiger partial charge is 0.313 e. The maximum atomic E-state index is 12.3. The number of nitrogens with one attached hydrogen (secondary N) is 1. The molecular weight excluding hydrogens is 289 g/mol. The molecule has 0 aliphatic heterocycles. The van der Waals surface area contributed by atoms with Gasteiger partial charge in [-0.05, 0) is 30.7 Å². The molecule has 0 heterocycles. The Hall–Kier alpha value is -0.0900. The van der Waals surface area contributed by atoms with Crippen LogP contribution in [0.3, 0.4) is 0 Å². The van der Waals surface area contributed by atoms with Gasteiger partial charge in [0.25, 0.3) is 0 Å². The molecule has 0 fully saturated rings. The van der Waals surface area contributed by atoms with Crippen molar-refractivity contribution >= 4 is 34.0 Å². The van der Waals surface area contributed by atoms with Gasteiger partial charge in [0, 0.05) is 16.8 Å². The average Bonchev–Trinajstić information content (AvgIpc) is 2.31. The van der Waals surface area contributed by atoms with E-state index in [4.69, 9.17) is 23.2 Å². The Morgan fingerprint density at radius 3 is 2.56 bits per heavy atom. The van der Waals surface area contributed by atoms with Gasteiger partial charge < -0.3 is 5.32 Å². The maximum Gasteiger partial charge on any atom is 0.0589 e. The molecular formula is C13H19Cl2NOS. The van der Waals surface area contributed by atoms with Crippen molar-refractivity contribution in [2.24, 2.45) is 5.92 Å². The van der Waals surface area contributed by atoms with Crippen molar-refractivity contribution in [3.63, 3.8) is 0 Å². The summed E-state index contributed by atoms with van der Waals surface area (Å²) in [6.07, 6.45) is 0. The second kappa shape index (κ2) is 7.49. The number of benzene rings is 1. The molecule has 0 radical (unpaired) electrons. The van der Waals surface area contributed by atoms with Gasteiger partial charge in [-0.15, -0.1) is 0 Å². The zero-order valence-electron chi connectivity index (χ0n) is 10.9. The summed E-state index contributed by atoms with van der Waals surface area (Å²) in [6, 6.07) is 5.29. The highest BCUT2D eigenvalue weighted by molar-refractivity contribution is 7.85. The summed E-state index contributed by atoms with van der Waals surface area (Å²) >= 11 is 12.0. The number of hydrogen-bond donors (Lipinski definition) is 1. The van der Waals surface area contributed by atoms with E-state index in [9.17, 15) is 4.21 Å². The fourth-order valence-corrected chi connectivity index (χ4v) is 3.82. The van der Waals surface area contributed by atoms with Crippen LogP contribution in [0.15, 0.2) is 23.1 Å². The van der Waals surface area contributed by atoms with Crippen molar-refractivity contribution in [1.82, 2.24) is 5.32 Å². The quantitative estimate of drug-likeness (QED) is 0.867. The molecule has 1 aromatic rings. The van der Waals surface area contributed by atoms with Gasteiger partial charge in [0.05, 0.1) is 20.7 Å². The van der Waals surface area contributed by atoms with E-state index in [1.807, 2.05) is 6.92 Å². The first kappa shape index (κ1) is 16.0. The minimum absolute atomic E-state index is 0.214. The SMILES string of the molecule is CCNC(CS(=O)c1cc(Cl)ccc1Cl)C(C)C. The molecule has 0 bridgehead atoms. The van der Waals surface area contributed by atoms with Gasteiger partial charge in [-0.25, -0.2) is 0 Å². The fraction of sp³-hybridized carbons (Fsp3) is 0.538.